The Hall–Kier alpha value is -1.85. The standard InChI is InChI=1S/C20H22N2O3/c1-24-14-4-2-3-12-13-5-8-21-9-6-15-20(7-10-25-15)11-16(23)22(17(12)14)18(13)19(20)21/h2-4,15,19H,5-11H2,1H3/t15-,19+,20+/m0/s1. The molecule has 1 spiro atoms. The predicted octanol–water partition coefficient (Wildman–Crippen LogP) is 2.77. The van der Waals surface area contributed by atoms with Gasteiger partial charge in [0.05, 0.1) is 24.8 Å². The third kappa shape index (κ3) is 1.55. The second kappa shape index (κ2) is 4.65. The zero-order valence-electron chi connectivity index (χ0n) is 14.5. The summed E-state index contributed by atoms with van der Waals surface area (Å²) in [5.74, 6) is 1.02. The molecule has 1 aromatic carbocycles. The molecule has 2 fully saturated rings. The van der Waals surface area contributed by atoms with Crippen molar-refractivity contribution in [2.24, 2.45) is 5.41 Å². The first kappa shape index (κ1) is 14.3. The molecule has 3 atom stereocenters. The van der Waals surface area contributed by atoms with E-state index in [2.05, 4.69) is 11.0 Å². The van der Waals surface area contributed by atoms with Crippen LogP contribution in [0.2, 0.25) is 0 Å². The van der Waals surface area contributed by atoms with Crippen LogP contribution in [0, 0.1) is 5.41 Å². The van der Waals surface area contributed by atoms with Crippen molar-refractivity contribution in [2.45, 2.75) is 37.8 Å². The first-order valence-corrected chi connectivity index (χ1v) is 9.33. The van der Waals surface area contributed by atoms with Crippen LogP contribution in [-0.2, 0) is 11.2 Å². The van der Waals surface area contributed by atoms with Gasteiger partial charge >= 0.3 is 0 Å². The van der Waals surface area contributed by atoms with Crippen LogP contribution in [0.25, 0.3) is 10.9 Å². The fourth-order valence-electron chi connectivity index (χ4n) is 6.14. The number of hydrogen-bond donors (Lipinski definition) is 0. The van der Waals surface area contributed by atoms with Gasteiger partial charge in [-0.25, -0.2) is 0 Å². The molecule has 0 saturated carbocycles. The molecule has 0 N–H and O–H groups in total. The van der Waals surface area contributed by atoms with Crippen molar-refractivity contribution in [2.75, 3.05) is 26.8 Å². The van der Waals surface area contributed by atoms with Crippen molar-refractivity contribution in [3.63, 3.8) is 0 Å². The van der Waals surface area contributed by atoms with Gasteiger partial charge in [0.15, 0.2) is 0 Å². The van der Waals surface area contributed by atoms with Crippen LogP contribution >= 0.6 is 0 Å². The molecule has 0 radical (unpaired) electrons. The van der Waals surface area contributed by atoms with E-state index >= 15 is 0 Å². The number of ether oxygens (including phenoxy) is 2. The zero-order valence-corrected chi connectivity index (χ0v) is 14.5. The summed E-state index contributed by atoms with van der Waals surface area (Å²) >= 11 is 0. The second-order valence-corrected chi connectivity index (χ2v) is 7.95. The van der Waals surface area contributed by atoms with E-state index in [0.717, 1.165) is 50.2 Å². The number of nitrogens with zero attached hydrogens (tertiary/aromatic N) is 2. The number of hydrogen-bond acceptors (Lipinski definition) is 4. The predicted molar refractivity (Wildman–Crippen MR) is 93.2 cm³/mol. The molecule has 25 heavy (non-hydrogen) atoms. The Bertz CT molecular complexity index is 917. The van der Waals surface area contributed by atoms with Crippen molar-refractivity contribution in [3.05, 3.63) is 29.5 Å². The van der Waals surface area contributed by atoms with Gasteiger partial charge in [-0.05, 0) is 30.9 Å². The van der Waals surface area contributed by atoms with Crippen LogP contribution in [0.5, 0.6) is 5.75 Å². The molecule has 0 amide bonds. The molecule has 1 aromatic heterocycles. The van der Waals surface area contributed by atoms with E-state index in [-0.39, 0.29) is 17.4 Å². The first-order chi connectivity index (χ1) is 12.2. The Morgan fingerprint density at radius 2 is 2.24 bits per heavy atom. The summed E-state index contributed by atoms with van der Waals surface area (Å²) in [5, 5.41) is 1.19. The molecule has 0 aliphatic carbocycles. The van der Waals surface area contributed by atoms with E-state index in [1.165, 1.54) is 16.6 Å². The zero-order chi connectivity index (χ0) is 16.8. The fourth-order valence-corrected chi connectivity index (χ4v) is 6.14. The average molecular weight is 338 g/mol. The van der Waals surface area contributed by atoms with Gasteiger partial charge in [-0.15, -0.1) is 0 Å². The number of carbonyl (C=O) groups is 1. The molecule has 4 aliphatic heterocycles. The molecular formula is C20H22N2O3. The third-order valence-corrected chi connectivity index (χ3v) is 7.07. The minimum atomic E-state index is -0.0257. The quantitative estimate of drug-likeness (QED) is 0.802. The summed E-state index contributed by atoms with van der Waals surface area (Å²) in [5.41, 5.74) is 3.53. The van der Waals surface area contributed by atoms with Crippen molar-refractivity contribution < 1.29 is 14.3 Å². The third-order valence-electron chi connectivity index (χ3n) is 7.07. The van der Waals surface area contributed by atoms with Gasteiger partial charge < -0.3 is 9.47 Å². The monoisotopic (exact) mass is 338 g/mol. The second-order valence-electron chi connectivity index (χ2n) is 7.95. The highest BCUT2D eigenvalue weighted by molar-refractivity contribution is 6.00. The van der Waals surface area contributed by atoms with Gasteiger partial charge in [0, 0.05) is 42.6 Å². The Morgan fingerprint density at radius 1 is 1.32 bits per heavy atom. The molecule has 2 saturated heterocycles. The van der Waals surface area contributed by atoms with Crippen molar-refractivity contribution >= 4 is 16.8 Å². The minimum Gasteiger partial charge on any atom is -0.495 e. The molecule has 5 heteroatoms. The van der Waals surface area contributed by atoms with Crippen molar-refractivity contribution in [3.8, 4) is 5.75 Å². The van der Waals surface area contributed by atoms with Gasteiger partial charge in [0.25, 0.3) is 0 Å². The molecule has 4 aliphatic rings. The van der Waals surface area contributed by atoms with E-state index in [9.17, 15) is 4.79 Å². The Labute approximate surface area is 146 Å². The number of methoxy groups -OCH3 is 1. The summed E-state index contributed by atoms with van der Waals surface area (Å²) < 4.78 is 13.7. The summed E-state index contributed by atoms with van der Waals surface area (Å²) in [6.07, 6.45) is 3.90. The number of fused-ring (bicyclic) bond motifs is 3. The van der Waals surface area contributed by atoms with E-state index in [4.69, 9.17) is 9.47 Å². The maximum Gasteiger partial charge on any atom is 0.232 e. The van der Waals surface area contributed by atoms with Gasteiger partial charge in [-0.2, -0.15) is 0 Å². The lowest BCUT2D eigenvalue weighted by atomic mass is 9.64. The Morgan fingerprint density at radius 3 is 3.12 bits per heavy atom. The van der Waals surface area contributed by atoms with Gasteiger partial charge in [-0.1, -0.05) is 12.1 Å². The van der Waals surface area contributed by atoms with Crippen molar-refractivity contribution in [1.29, 1.82) is 0 Å². The normalized spacial score (nSPS) is 33.4. The van der Waals surface area contributed by atoms with Gasteiger partial charge in [0.2, 0.25) is 5.91 Å². The molecular weight excluding hydrogens is 316 g/mol. The van der Waals surface area contributed by atoms with Crippen LogP contribution in [0.3, 0.4) is 0 Å². The fraction of sp³-hybridized carbons (Fsp3) is 0.550. The van der Waals surface area contributed by atoms with Gasteiger partial charge in [0.1, 0.15) is 5.75 Å². The molecule has 0 unspecified atom stereocenters. The van der Waals surface area contributed by atoms with E-state index in [0.29, 0.717) is 12.5 Å². The Balaban J connectivity index is 1.71. The van der Waals surface area contributed by atoms with Crippen LogP contribution < -0.4 is 4.74 Å². The molecule has 0 bridgehead atoms. The number of aromatic nitrogens is 1. The number of benzene rings is 1. The lowest BCUT2D eigenvalue weighted by molar-refractivity contribution is -0.0740. The maximum absolute atomic E-state index is 13.3. The van der Waals surface area contributed by atoms with Crippen LogP contribution in [0.15, 0.2) is 18.2 Å². The summed E-state index contributed by atoms with van der Waals surface area (Å²) in [4.78, 5) is 16.0. The van der Waals surface area contributed by atoms with Crippen LogP contribution in [-0.4, -0.2) is 48.3 Å². The summed E-state index contributed by atoms with van der Waals surface area (Å²) in [6, 6.07) is 6.47. The SMILES string of the molecule is COc1cccc2c3c4n(c12)C(=O)C[C@]12CCO[C@H]1CCN(CC3)[C@H]42. The van der Waals surface area contributed by atoms with E-state index in [1.54, 1.807) is 7.11 Å². The highest BCUT2D eigenvalue weighted by Crippen LogP contribution is 2.60. The molecule has 5 heterocycles. The topological polar surface area (TPSA) is 43.7 Å². The minimum absolute atomic E-state index is 0.0257. The van der Waals surface area contributed by atoms with Crippen LogP contribution in [0.1, 0.15) is 41.4 Å². The van der Waals surface area contributed by atoms with Crippen molar-refractivity contribution in [1.82, 2.24) is 9.47 Å². The summed E-state index contributed by atoms with van der Waals surface area (Å²) in [7, 11) is 1.69. The average Bonchev–Trinajstić information content (AvgIpc) is 3.19. The summed E-state index contributed by atoms with van der Waals surface area (Å²) in [6.45, 7) is 2.95. The molecule has 2 aromatic rings. The lowest BCUT2D eigenvalue weighted by Gasteiger charge is -2.54. The number of para-hydroxylation sites is 1. The molecule has 5 nitrogen and oxygen atoms in total. The number of carbonyl (C=O) groups excluding carboxylic acids is 1. The number of piperidine rings is 1. The first-order valence-electron chi connectivity index (χ1n) is 9.33. The highest BCUT2D eigenvalue weighted by Gasteiger charge is 2.60. The smallest absolute Gasteiger partial charge is 0.232 e. The van der Waals surface area contributed by atoms with E-state index < -0.39 is 0 Å². The van der Waals surface area contributed by atoms with E-state index in [1.807, 2.05) is 16.7 Å². The number of rotatable bonds is 1. The maximum atomic E-state index is 13.3. The van der Waals surface area contributed by atoms with Gasteiger partial charge in [-0.3, -0.25) is 14.3 Å². The Kier molecular flexibility index (Phi) is 2.67. The highest BCUT2D eigenvalue weighted by atomic mass is 16.5. The molecule has 6 rings (SSSR count). The van der Waals surface area contributed by atoms with Crippen LogP contribution in [0.4, 0.5) is 0 Å². The lowest BCUT2D eigenvalue weighted by Crippen LogP contribution is -2.58. The largest absolute Gasteiger partial charge is 0.495 e. The molecule has 130 valence electrons.